The van der Waals surface area contributed by atoms with Crippen molar-refractivity contribution in [3.05, 3.63) is 87.9 Å². The quantitative estimate of drug-likeness (QED) is 0.334. The second kappa shape index (κ2) is 11.2. The van der Waals surface area contributed by atoms with Gasteiger partial charge in [0.25, 0.3) is 0 Å². The van der Waals surface area contributed by atoms with E-state index in [2.05, 4.69) is 10.1 Å². The van der Waals surface area contributed by atoms with Gasteiger partial charge in [-0.05, 0) is 47.5 Å². The summed E-state index contributed by atoms with van der Waals surface area (Å²) in [6.07, 6.45) is 0.0638. The van der Waals surface area contributed by atoms with E-state index in [1.54, 1.807) is 24.3 Å². The van der Waals surface area contributed by atoms with Crippen molar-refractivity contribution in [3.8, 4) is 11.5 Å². The summed E-state index contributed by atoms with van der Waals surface area (Å²) in [5.74, 6) is 0.425. The van der Waals surface area contributed by atoms with Gasteiger partial charge in [0.05, 0.1) is 23.6 Å². The van der Waals surface area contributed by atoms with Crippen molar-refractivity contribution in [1.29, 1.82) is 0 Å². The van der Waals surface area contributed by atoms with E-state index in [-0.39, 0.29) is 34.1 Å². The maximum absolute atomic E-state index is 12.8. The first-order valence-electron chi connectivity index (χ1n) is 10.5. The van der Waals surface area contributed by atoms with Gasteiger partial charge in [-0.25, -0.2) is 0 Å². The lowest BCUT2D eigenvalue weighted by Gasteiger charge is -2.21. The van der Waals surface area contributed by atoms with Gasteiger partial charge in [-0.15, -0.1) is 0 Å². The van der Waals surface area contributed by atoms with Crippen LogP contribution in [0.25, 0.3) is 0 Å². The van der Waals surface area contributed by atoms with Crippen molar-refractivity contribution >= 4 is 40.6 Å². The summed E-state index contributed by atoms with van der Waals surface area (Å²) in [7, 11) is 1.32. The number of halogens is 2. The van der Waals surface area contributed by atoms with Crippen molar-refractivity contribution in [1.82, 2.24) is 0 Å². The zero-order valence-electron chi connectivity index (χ0n) is 18.6. The van der Waals surface area contributed by atoms with Gasteiger partial charge in [-0.1, -0.05) is 67.4 Å². The molecule has 0 bridgehead atoms. The third-order valence-corrected chi connectivity index (χ3v) is 5.57. The van der Waals surface area contributed by atoms with Gasteiger partial charge in [-0.3, -0.25) is 9.59 Å². The lowest BCUT2D eigenvalue weighted by Crippen LogP contribution is -2.24. The number of esters is 1. The van der Waals surface area contributed by atoms with E-state index in [9.17, 15) is 9.59 Å². The number of carbonyl (C=O) groups is 2. The van der Waals surface area contributed by atoms with Crippen molar-refractivity contribution in [2.24, 2.45) is 5.92 Å². The molecule has 1 unspecified atom stereocenters. The predicted octanol–water partition coefficient (Wildman–Crippen LogP) is 6.88. The van der Waals surface area contributed by atoms with Crippen LogP contribution < -0.4 is 10.1 Å². The number of benzene rings is 3. The molecule has 0 aliphatic rings. The van der Waals surface area contributed by atoms with Crippen molar-refractivity contribution < 1.29 is 19.1 Å². The molecule has 0 radical (unpaired) electrons. The smallest absolute Gasteiger partial charge is 0.309 e. The molecule has 5 nitrogen and oxygen atoms in total. The summed E-state index contributed by atoms with van der Waals surface area (Å²) in [5, 5.41) is 3.89. The van der Waals surface area contributed by atoms with E-state index in [0.29, 0.717) is 17.1 Å². The molecule has 0 fully saturated rings. The fourth-order valence-corrected chi connectivity index (χ4v) is 3.86. The van der Waals surface area contributed by atoms with Gasteiger partial charge in [0.1, 0.15) is 11.8 Å². The minimum atomic E-state index is -0.454. The Kier molecular flexibility index (Phi) is 8.37. The Balaban J connectivity index is 1.76. The molecule has 0 saturated heterocycles. The Morgan fingerprint density at radius 1 is 0.939 bits per heavy atom. The van der Waals surface area contributed by atoms with E-state index in [4.69, 9.17) is 27.9 Å². The van der Waals surface area contributed by atoms with Crippen LogP contribution in [0.3, 0.4) is 0 Å². The van der Waals surface area contributed by atoms with E-state index >= 15 is 0 Å². The number of nitrogens with one attached hydrogen (secondary N) is 1. The normalized spacial score (nSPS) is 11.7. The zero-order valence-corrected chi connectivity index (χ0v) is 20.1. The molecule has 0 amide bonds. The lowest BCUT2D eigenvalue weighted by molar-refractivity contribution is -0.139. The van der Waals surface area contributed by atoms with Crippen LogP contribution in [0.1, 0.15) is 31.0 Å². The van der Waals surface area contributed by atoms with Crippen LogP contribution in [0, 0.1) is 5.92 Å². The highest BCUT2D eigenvalue weighted by atomic mass is 35.5. The molecule has 0 aliphatic carbocycles. The van der Waals surface area contributed by atoms with Crippen LogP contribution in [0.5, 0.6) is 11.5 Å². The van der Waals surface area contributed by atoms with Crippen LogP contribution in [-0.2, 0) is 20.7 Å². The molecule has 3 aromatic rings. The van der Waals surface area contributed by atoms with Crippen molar-refractivity contribution in [3.63, 3.8) is 0 Å². The maximum atomic E-state index is 12.8. The molecule has 1 atom stereocenters. The Bertz CT molecular complexity index is 1090. The highest BCUT2D eigenvalue weighted by Gasteiger charge is 2.23. The molecule has 0 heterocycles. The van der Waals surface area contributed by atoms with E-state index in [0.717, 1.165) is 11.3 Å². The second-order valence-corrected chi connectivity index (χ2v) is 8.63. The lowest BCUT2D eigenvalue weighted by atomic mass is 9.95. The van der Waals surface area contributed by atoms with Crippen molar-refractivity contribution in [2.75, 3.05) is 12.4 Å². The van der Waals surface area contributed by atoms with Crippen LogP contribution in [0.15, 0.2) is 66.7 Å². The Labute approximate surface area is 203 Å². The van der Waals surface area contributed by atoms with Gasteiger partial charge >= 0.3 is 5.97 Å². The number of methoxy groups -OCH3 is 1. The highest BCUT2D eigenvalue weighted by molar-refractivity contribution is 6.37. The summed E-state index contributed by atoms with van der Waals surface area (Å²) in [5.41, 5.74) is 2.31. The van der Waals surface area contributed by atoms with Gasteiger partial charge in [0.15, 0.2) is 11.5 Å². The predicted molar refractivity (Wildman–Crippen MR) is 131 cm³/mol. The number of Topliss-reactive ketones (excluding diaryl/α,β-unsaturated/α-hetero) is 1. The van der Waals surface area contributed by atoms with Gasteiger partial charge < -0.3 is 14.8 Å². The Hall–Kier alpha value is -3.02. The summed E-state index contributed by atoms with van der Waals surface area (Å²) in [6, 6.07) is 19.6. The molecular formula is C26H25Cl2NO4. The molecule has 33 heavy (non-hydrogen) atoms. The summed E-state index contributed by atoms with van der Waals surface area (Å²) < 4.78 is 10.6. The molecule has 3 aromatic carbocycles. The summed E-state index contributed by atoms with van der Waals surface area (Å²) >= 11 is 12.7. The maximum Gasteiger partial charge on any atom is 0.309 e. The minimum absolute atomic E-state index is 0.0638. The number of hydrogen-bond acceptors (Lipinski definition) is 5. The molecule has 172 valence electrons. The molecule has 0 saturated carbocycles. The number of ether oxygens (including phenoxy) is 2. The van der Waals surface area contributed by atoms with E-state index in [1.807, 2.05) is 56.3 Å². The fourth-order valence-electron chi connectivity index (χ4n) is 3.25. The highest BCUT2D eigenvalue weighted by Crippen LogP contribution is 2.38. The van der Waals surface area contributed by atoms with Gasteiger partial charge in [-0.2, -0.15) is 0 Å². The first-order chi connectivity index (χ1) is 15.8. The topological polar surface area (TPSA) is 64.6 Å². The Morgan fingerprint density at radius 3 is 2.09 bits per heavy atom. The van der Waals surface area contributed by atoms with Gasteiger partial charge in [0, 0.05) is 11.6 Å². The number of hydrogen-bond donors (Lipinski definition) is 1. The Morgan fingerprint density at radius 2 is 1.55 bits per heavy atom. The molecule has 3 rings (SSSR count). The first kappa shape index (κ1) is 24.6. The molecule has 0 aromatic heterocycles. The van der Waals surface area contributed by atoms with Crippen LogP contribution in [-0.4, -0.2) is 18.9 Å². The number of carbonyl (C=O) groups excluding carboxylic acids is 2. The van der Waals surface area contributed by atoms with E-state index < -0.39 is 6.04 Å². The third kappa shape index (κ3) is 6.50. The van der Waals surface area contributed by atoms with Crippen LogP contribution in [0.4, 0.5) is 5.69 Å². The SMILES string of the molecule is COC(=O)Cc1cc(Cl)c(Oc2ccc(NC(C(=O)C(C)C)c3ccccc3)cc2)c(Cl)c1. The molecule has 0 spiro atoms. The largest absolute Gasteiger partial charge is 0.469 e. The zero-order chi connectivity index (χ0) is 24.0. The fraction of sp³-hybridized carbons (Fsp3) is 0.231. The monoisotopic (exact) mass is 485 g/mol. The van der Waals surface area contributed by atoms with E-state index in [1.165, 1.54) is 7.11 Å². The minimum Gasteiger partial charge on any atom is -0.469 e. The number of rotatable bonds is 9. The molecular weight excluding hydrogens is 461 g/mol. The molecule has 0 aliphatic heterocycles. The summed E-state index contributed by atoms with van der Waals surface area (Å²) in [4.78, 5) is 24.3. The third-order valence-electron chi connectivity index (χ3n) is 5.01. The average molecular weight is 486 g/mol. The van der Waals surface area contributed by atoms with Crippen LogP contribution >= 0.6 is 23.2 Å². The standard InChI is InChI=1S/C26H25Cl2NO4/c1-16(2)25(31)24(18-7-5-4-6-8-18)29-19-9-11-20(12-10-19)33-26-21(27)13-17(14-22(26)28)15-23(30)32-3/h4-14,16,24,29H,15H2,1-3H3. The van der Waals surface area contributed by atoms with Gasteiger partial charge in [0.2, 0.25) is 0 Å². The second-order valence-electron chi connectivity index (χ2n) is 7.81. The summed E-state index contributed by atoms with van der Waals surface area (Å²) in [6.45, 7) is 3.78. The van der Waals surface area contributed by atoms with Crippen molar-refractivity contribution in [2.45, 2.75) is 26.3 Å². The number of anilines is 1. The molecule has 1 N–H and O–H groups in total. The van der Waals surface area contributed by atoms with Crippen LogP contribution in [0.2, 0.25) is 10.0 Å². The average Bonchev–Trinajstić information content (AvgIpc) is 2.80. The molecule has 7 heteroatoms. The first-order valence-corrected chi connectivity index (χ1v) is 11.2. The number of ketones is 1.